The molecule has 2 aromatic rings. The van der Waals surface area contributed by atoms with Crippen molar-refractivity contribution in [2.24, 2.45) is 0 Å². The summed E-state index contributed by atoms with van der Waals surface area (Å²) >= 11 is 0. The number of carbonyl (C=O) groups is 1. The van der Waals surface area contributed by atoms with Gasteiger partial charge in [-0.3, -0.25) is 9.48 Å². The van der Waals surface area contributed by atoms with Crippen LogP contribution in [0.2, 0.25) is 0 Å². The maximum absolute atomic E-state index is 12.3. The quantitative estimate of drug-likeness (QED) is 0.782. The average molecular weight is 385 g/mol. The van der Waals surface area contributed by atoms with Crippen molar-refractivity contribution in [2.75, 3.05) is 32.8 Å². The van der Waals surface area contributed by atoms with Crippen LogP contribution in [0.25, 0.3) is 0 Å². The summed E-state index contributed by atoms with van der Waals surface area (Å²) in [4.78, 5) is 14.7. The molecule has 4 rings (SSSR count). The normalized spacial score (nSPS) is 19.4. The fourth-order valence-corrected chi connectivity index (χ4v) is 3.58. The fourth-order valence-electron chi connectivity index (χ4n) is 3.58. The summed E-state index contributed by atoms with van der Waals surface area (Å²) in [5, 5.41) is 11.0. The predicted octanol–water partition coefficient (Wildman–Crippen LogP) is 1.72. The molecule has 1 fully saturated rings. The first kappa shape index (κ1) is 18.7. The molecule has 2 aliphatic heterocycles. The zero-order chi connectivity index (χ0) is 19.2. The fraction of sp³-hybridized carbons (Fsp3) is 0.550. The minimum absolute atomic E-state index is 0.0737. The van der Waals surface area contributed by atoms with Crippen LogP contribution >= 0.6 is 0 Å². The highest BCUT2D eigenvalue weighted by atomic mass is 16.6. The van der Waals surface area contributed by atoms with Crippen molar-refractivity contribution in [3.63, 3.8) is 0 Å². The summed E-state index contributed by atoms with van der Waals surface area (Å²) in [6.45, 7) is 4.99. The van der Waals surface area contributed by atoms with Crippen LogP contribution in [0.3, 0.4) is 0 Å². The monoisotopic (exact) mass is 385 g/mol. The second-order valence-electron chi connectivity index (χ2n) is 7.31. The number of fused-ring (bicyclic) bond motifs is 1. The molecule has 1 unspecified atom stereocenters. The van der Waals surface area contributed by atoms with Gasteiger partial charge in [-0.2, -0.15) is 0 Å². The molecule has 1 atom stereocenters. The van der Waals surface area contributed by atoms with Gasteiger partial charge in [-0.1, -0.05) is 23.8 Å². The first-order valence-corrected chi connectivity index (χ1v) is 10.1. The van der Waals surface area contributed by atoms with Gasteiger partial charge in [-0.25, -0.2) is 0 Å². The van der Waals surface area contributed by atoms with E-state index < -0.39 is 0 Å². The smallest absolute Gasteiger partial charge is 0.273 e. The van der Waals surface area contributed by atoms with Gasteiger partial charge in [0.25, 0.3) is 5.91 Å². The summed E-state index contributed by atoms with van der Waals surface area (Å²) in [6, 6.07) is 7.62. The number of likely N-dealkylation sites (tertiary alicyclic amines) is 1. The summed E-state index contributed by atoms with van der Waals surface area (Å²) in [5.41, 5.74) is 0.352. The van der Waals surface area contributed by atoms with E-state index in [4.69, 9.17) is 9.47 Å². The van der Waals surface area contributed by atoms with E-state index in [1.807, 2.05) is 24.3 Å². The topological polar surface area (TPSA) is 81.5 Å². The molecule has 0 bridgehead atoms. The number of ether oxygens (including phenoxy) is 2. The number of carbonyl (C=O) groups excluding carboxylic acids is 1. The van der Waals surface area contributed by atoms with Crippen molar-refractivity contribution >= 4 is 5.91 Å². The van der Waals surface area contributed by atoms with Crippen molar-refractivity contribution < 1.29 is 14.3 Å². The Hall–Kier alpha value is -2.61. The lowest BCUT2D eigenvalue weighted by Gasteiger charge is -2.26. The summed E-state index contributed by atoms with van der Waals surface area (Å²) in [5.74, 6) is 1.31. The second kappa shape index (κ2) is 9.05. The zero-order valence-electron chi connectivity index (χ0n) is 16.0. The molecule has 2 aliphatic rings. The Kier molecular flexibility index (Phi) is 6.06. The molecule has 1 aromatic carbocycles. The highest BCUT2D eigenvalue weighted by Crippen LogP contribution is 2.31. The number of nitrogens with zero attached hydrogens (tertiary/aromatic N) is 4. The number of para-hydroxylation sites is 2. The summed E-state index contributed by atoms with van der Waals surface area (Å²) in [6.07, 6.45) is 6.18. The third kappa shape index (κ3) is 4.81. The van der Waals surface area contributed by atoms with Crippen molar-refractivity contribution in [3.05, 3.63) is 36.2 Å². The maximum atomic E-state index is 12.3. The minimum atomic E-state index is -0.207. The minimum Gasteiger partial charge on any atom is -0.486 e. The van der Waals surface area contributed by atoms with Crippen LogP contribution in [0.15, 0.2) is 30.5 Å². The SMILES string of the molecule is O=C(NCCC1COc2ccccc2O1)c1cn(CCN2CCCCC2)nn1. The highest BCUT2D eigenvalue weighted by molar-refractivity contribution is 5.91. The lowest BCUT2D eigenvalue weighted by molar-refractivity contribution is 0.0811. The molecule has 0 spiro atoms. The van der Waals surface area contributed by atoms with E-state index in [2.05, 4.69) is 20.5 Å². The van der Waals surface area contributed by atoms with Gasteiger partial charge in [0.2, 0.25) is 0 Å². The van der Waals surface area contributed by atoms with E-state index in [0.717, 1.165) is 37.7 Å². The summed E-state index contributed by atoms with van der Waals surface area (Å²) < 4.78 is 13.3. The Bertz CT molecular complexity index is 788. The molecule has 0 radical (unpaired) electrons. The highest BCUT2D eigenvalue weighted by Gasteiger charge is 2.21. The number of aromatic nitrogens is 3. The molecule has 8 heteroatoms. The Morgan fingerprint density at radius 2 is 1.96 bits per heavy atom. The molecular formula is C20H27N5O3. The Labute approximate surface area is 164 Å². The molecule has 1 aromatic heterocycles. The first-order valence-electron chi connectivity index (χ1n) is 10.1. The van der Waals surface area contributed by atoms with Crippen molar-refractivity contribution in [3.8, 4) is 11.5 Å². The van der Waals surface area contributed by atoms with E-state index in [0.29, 0.717) is 25.3 Å². The molecular weight excluding hydrogens is 358 g/mol. The Morgan fingerprint density at radius 3 is 2.82 bits per heavy atom. The molecule has 1 saturated heterocycles. The average Bonchev–Trinajstić information content (AvgIpc) is 3.22. The van der Waals surface area contributed by atoms with Gasteiger partial charge in [0.05, 0.1) is 12.7 Å². The standard InChI is InChI=1S/C20H27N5O3/c26-20(17-14-25(23-22-17)13-12-24-10-4-1-5-11-24)21-9-8-16-15-27-18-6-2-3-7-19(18)28-16/h2-3,6-7,14,16H,1,4-5,8-13,15H2,(H,21,26). The van der Waals surface area contributed by atoms with E-state index >= 15 is 0 Å². The number of hydrogen-bond acceptors (Lipinski definition) is 6. The Morgan fingerprint density at radius 1 is 1.14 bits per heavy atom. The lowest BCUT2D eigenvalue weighted by atomic mass is 10.1. The van der Waals surface area contributed by atoms with Gasteiger partial charge in [-0.15, -0.1) is 5.10 Å². The van der Waals surface area contributed by atoms with Crippen LogP contribution in [0, 0.1) is 0 Å². The van der Waals surface area contributed by atoms with Crippen LogP contribution in [0.4, 0.5) is 0 Å². The van der Waals surface area contributed by atoms with Crippen LogP contribution in [-0.2, 0) is 6.54 Å². The molecule has 0 saturated carbocycles. The van der Waals surface area contributed by atoms with Gasteiger partial charge in [0, 0.05) is 19.5 Å². The Balaban J connectivity index is 1.19. The van der Waals surface area contributed by atoms with E-state index in [1.54, 1.807) is 10.9 Å². The third-order valence-electron chi connectivity index (χ3n) is 5.18. The number of amides is 1. The van der Waals surface area contributed by atoms with E-state index in [1.165, 1.54) is 19.3 Å². The lowest BCUT2D eigenvalue weighted by Crippen LogP contribution is -2.34. The number of rotatable bonds is 7. The molecule has 3 heterocycles. The maximum Gasteiger partial charge on any atom is 0.273 e. The second-order valence-corrected chi connectivity index (χ2v) is 7.31. The predicted molar refractivity (Wildman–Crippen MR) is 104 cm³/mol. The molecule has 1 N–H and O–H groups in total. The zero-order valence-corrected chi connectivity index (χ0v) is 16.0. The van der Waals surface area contributed by atoms with Gasteiger partial charge in [0.1, 0.15) is 12.7 Å². The first-order chi connectivity index (χ1) is 13.8. The van der Waals surface area contributed by atoms with Gasteiger partial charge in [-0.05, 0) is 38.1 Å². The molecule has 0 aliphatic carbocycles. The van der Waals surface area contributed by atoms with Crippen molar-refractivity contribution in [2.45, 2.75) is 38.3 Å². The van der Waals surface area contributed by atoms with Gasteiger partial charge in [0.15, 0.2) is 17.2 Å². The van der Waals surface area contributed by atoms with E-state index in [-0.39, 0.29) is 12.0 Å². The van der Waals surface area contributed by atoms with E-state index in [9.17, 15) is 4.79 Å². The van der Waals surface area contributed by atoms with Gasteiger partial charge < -0.3 is 19.7 Å². The molecule has 1 amide bonds. The molecule has 150 valence electrons. The number of benzene rings is 1. The van der Waals surface area contributed by atoms with Crippen LogP contribution < -0.4 is 14.8 Å². The van der Waals surface area contributed by atoms with Crippen molar-refractivity contribution in [1.82, 2.24) is 25.2 Å². The third-order valence-corrected chi connectivity index (χ3v) is 5.18. The van der Waals surface area contributed by atoms with Crippen molar-refractivity contribution in [1.29, 1.82) is 0 Å². The van der Waals surface area contributed by atoms with Crippen LogP contribution in [0.5, 0.6) is 11.5 Å². The number of hydrogen-bond donors (Lipinski definition) is 1. The summed E-state index contributed by atoms with van der Waals surface area (Å²) in [7, 11) is 0. The number of nitrogens with one attached hydrogen (secondary N) is 1. The largest absolute Gasteiger partial charge is 0.486 e. The van der Waals surface area contributed by atoms with Crippen LogP contribution in [-0.4, -0.2) is 64.7 Å². The molecule has 28 heavy (non-hydrogen) atoms. The van der Waals surface area contributed by atoms with Crippen LogP contribution in [0.1, 0.15) is 36.2 Å². The molecule has 8 nitrogen and oxygen atoms in total. The number of piperidine rings is 1. The van der Waals surface area contributed by atoms with Gasteiger partial charge >= 0.3 is 0 Å².